The second kappa shape index (κ2) is 16.5. The highest BCUT2D eigenvalue weighted by Gasteiger charge is 2.25. The number of ketones is 2. The van der Waals surface area contributed by atoms with E-state index in [0.717, 1.165) is 11.1 Å². The number of Topliss-reactive ketones (excluding diaryl/α,β-unsaturated/α-hetero) is 2. The molecule has 2 atom stereocenters. The van der Waals surface area contributed by atoms with Gasteiger partial charge in [0.1, 0.15) is 0 Å². The van der Waals surface area contributed by atoms with E-state index in [9.17, 15) is 24.0 Å². The van der Waals surface area contributed by atoms with Gasteiger partial charge >= 0.3 is 0 Å². The van der Waals surface area contributed by atoms with Gasteiger partial charge in [0.05, 0.1) is 11.4 Å². The molecule has 14 heteroatoms. The molecule has 4 rings (SSSR count). The molecule has 0 unspecified atom stereocenters. The van der Waals surface area contributed by atoms with E-state index in [1.807, 2.05) is 0 Å². The van der Waals surface area contributed by atoms with Gasteiger partial charge in [-0.25, -0.2) is 0 Å². The molecule has 49 heavy (non-hydrogen) atoms. The molecule has 250 valence electrons. The lowest BCUT2D eigenvalue weighted by molar-refractivity contribution is -0.127. The molecule has 4 aromatic carbocycles. The molecular weight excluding hydrogens is 669 g/mol. The van der Waals surface area contributed by atoms with Crippen molar-refractivity contribution < 1.29 is 24.0 Å². The summed E-state index contributed by atoms with van der Waals surface area (Å²) in [5, 5.41) is 25.1. The van der Waals surface area contributed by atoms with Gasteiger partial charge in [-0.1, -0.05) is 23.2 Å². The lowest BCUT2D eigenvalue weighted by Crippen LogP contribution is -2.32. The summed E-state index contributed by atoms with van der Waals surface area (Å²) in [5.41, 5.74) is 3.90. The van der Waals surface area contributed by atoms with Crippen LogP contribution in [0.15, 0.2) is 105 Å². The van der Waals surface area contributed by atoms with E-state index in [0.29, 0.717) is 44.0 Å². The molecule has 0 saturated carbocycles. The average molecular weight is 701 g/mol. The molecule has 0 spiro atoms. The van der Waals surface area contributed by atoms with Crippen molar-refractivity contribution in [2.75, 3.05) is 16.0 Å². The minimum Gasteiger partial charge on any atom is -0.324 e. The van der Waals surface area contributed by atoms with Gasteiger partial charge < -0.3 is 16.0 Å². The van der Waals surface area contributed by atoms with Gasteiger partial charge in [-0.2, -0.15) is 20.5 Å². The highest BCUT2D eigenvalue weighted by Crippen LogP contribution is 2.23. The molecule has 0 bridgehead atoms. The Morgan fingerprint density at radius 1 is 0.571 bits per heavy atom. The van der Waals surface area contributed by atoms with Crippen LogP contribution in [0.2, 0.25) is 10.0 Å². The lowest BCUT2D eigenvalue weighted by atomic mass is 10.1. The van der Waals surface area contributed by atoms with Gasteiger partial charge in [-0.15, -0.1) is 0 Å². The Bertz CT molecular complexity index is 1960. The fourth-order valence-corrected chi connectivity index (χ4v) is 4.77. The Morgan fingerprint density at radius 3 is 1.37 bits per heavy atom. The Balaban J connectivity index is 1.34. The summed E-state index contributed by atoms with van der Waals surface area (Å²) >= 11 is 11.9. The number of aryl methyl sites for hydroxylation is 2. The number of hydrogen-bond acceptors (Lipinski definition) is 9. The van der Waals surface area contributed by atoms with Gasteiger partial charge in [-0.3, -0.25) is 24.0 Å². The largest absolute Gasteiger partial charge is 0.324 e. The summed E-state index contributed by atoms with van der Waals surface area (Å²) in [5.74, 6) is -2.67. The van der Waals surface area contributed by atoms with E-state index in [-0.39, 0.29) is 0 Å². The van der Waals surface area contributed by atoms with Gasteiger partial charge in [0, 0.05) is 32.7 Å². The highest BCUT2D eigenvalue weighted by molar-refractivity contribution is 6.31. The first kappa shape index (κ1) is 36.2. The molecule has 0 heterocycles. The minimum absolute atomic E-state index is 0.313. The van der Waals surface area contributed by atoms with Crippen LogP contribution in [0.1, 0.15) is 35.3 Å². The van der Waals surface area contributed by atoms with Crippen molar-refractivity contribution in [1.82, 2.24) is 0 Å². The van der Waals surface area contributed by atoms with Gasteiger partial charge in [0.2, 0.25) is 12.1 Å². The maximum Gasteiger partial charge on any atom is 0.258 e. The number of rotatable bonds is 12. The van der Waals surface area contributed by atoms with Crippen LogP contribution in [-0.2, 0) is 19.2 Å². The minimum atomic E-state index is -1.37. The number of azo groups is 2. The van der Waals surface area contributed by atoms with E-state index in [1.165, 1.54) is 38.1 Å². The number of carbonyl (C=O) groups is 5. The molecule has 3 amide bonds. The number of hydrogen-bond donors (Lipinski definition) is 3. The molecule has 12 nitrogen and oxygen atoms in total. The van der Waals surface area contributed by atoms with Crippen molar-refractivity contribution in [2.24, 2.45) is 20.5 Å². The third kappa shape index (κ3) is 10.2. The standard InChI is InChI=1S/C35H31Cl2N7O5/c1-19-17-24(36)7-15-29(19)39-34(48)31(21(3)45)43-41-27-9-5-23(6-10-27)33(47)38-26-11-13-28(14-12-26)42-44-32(22(4)46)35(49)40-30-16-8-25(37)18-20(30)2/h5-18,31-32H,1-4H3,(H,38,47)(H,39,48)(H,40,49)/t31-,32-/m1/s1. The number of carbonyl (C=O) groups excluding carboxylic acids is 5. The molecule has 4 aromatic rings. The molecule has 0 aliphatic carbocycles. The van der Waals surface area contributed by atoms with Gasteiger partial charge in [-0.05, 0) is 124 Å². The van der Waals surface area contributed by atoms with E-state index in [2.05, 4.69) is 36.4 Å². The lowest BCUT2D eigenvalue weighted by Gasteiger charge is -2.12. The Labute approximate surface area is 292 Å². The number of anilines is 3. The topological polar surface area (TPSA) is 171 Å². The summed E-state index contributed by atoms with van der Waals surface area (Å²) in [6.07, 6.45) is 0. The van der Waals surface area contributed by atoms with Crippen LogP contribution in [0.5, 0.6) is 0 Å². The Hall–Kier alpha value is -5.59. The zero-order valence-corrected chi connectivity index (χ0v) is 28.3. The number of amides is 3. The molecule has 0 aromatic heterocycles. The number of benzene rings is 4. The molecular formula is C35H31Cl2N7O5. The van der Waals surface area contributed by atoms with E-state index in [1.54, 1.807) is 74.5 Å². The van der Waals surface area contributed by atoms with Crippen molar-refractivity contribution in [1.29, 1.82) is 0 Å². The van der Waals surface area contributed by atoms with Crippen molar-refractivity contribution >= 4 is 80.9 Å². The van der Waals surface area contributed by atoms with E-state index < -0.39 is 41.4 Å². The fraction of sp³-hybridized carbons (Fsp3) is 0.171. The normalized spacial score (nSPS) is 12.4. The van der Waals surface area contributed by atoms with Crippen molar-refractivity contribution in [2.45, 2.75) is 39.8 Å². The number of nitrogens with one attached hydrogen (secondary N) is 3. The quantitative estimate of drug-likeness (QED) is 0.0997. The van der Waals surface area contributed by atoms with Crippen LogP contribution in [-0.4, -0.2) is 41.4 Å². The maximum atomic E-state index is 12.8. The molecule has 0 aliphatic heterocycles. The van der Waals surface area contributed by atoms with Crippen LogP contribution in [0.4, 0.5) is 28.4 Å². The first-order chi connectivity index (χ1) is 23.3. The van der Waals surface area contributed by atoms with Crippen LogP contribution in [0, 0.1) is 13.8 Å². The molecule has 3 N–H and O–H groups in total. The highest BCUT2D eigenvalue weighted by atomic mass is 35.5. The third-order valence-electron chi connectivity index (χ3n) is 6.99. The van der Waals surface area contributed by atoms with Gasteiger partial charge in [0.15, 0.2) is 11.6 Å². The molecule has 0 radical (unpaired) electrons. The predicted octanol–water partition coefficient (Wildman–Crippen LogP) is 8.22. The Kier molecular flexibility index (Phi) is 12.2. The van der Waals surface area contributed by atoms with Crippen LogP contribution in [0.25, 0.3) is 0 Å². The summed E-state index contributed by atoms with van der Waals surface area (Å²) in [6.45, 7) is 6.04. The van der Waals surface area contributed by atoms with Crippen LogP contribution >= 0.6 is 23.2 Å². The van der Waals surface area contributed by atoms with Crippen LogP contribution in [0.3, 0.4) is 0 Å². The molecule has 0 saturated heterocycles. The first-order valence-corrected chi connectivity index (χ1v) is 15.5. The maximum absolute atomic E-state index is 12.8. The van der Waals surface area contributed by atoms with Crippen LogP contribution < -0.4 is 16.0 Å². The van der Waals surface area contributed by atoms with Crippen molar-refractivity contribution in [3.05, 3.63) is 112 Å². The zero-order valence-electron chi connectivity index (χ0n) is 26.8. The first-order valence-electron chi connectivity index (χ1n) is 14.8. The van der Waals surface area contributed by atoms with Crippen molar-refractivity contribution in [3.63, 3.8) is 0 Å². The van der Waals surface area contributed by atoms with Crippen molar-refractivity contribution in [3.8, 4) is 0 Å². The molecule has 0 aliphatic rings. The average Bonchev–Trinajstić information content (AvgIpc) is 3.04. The summed E-state index contributed by atoms with van der Waals surface area (Å²) < 4.78 is 0. The zero-order chi connectivity index (χ0) is 35.7. The Morgan fingerprint density at radius 2 is 0.980 bits per heavy atom. The van der Waals surface area contributed by atoms with Gasteiger partial charge in [0.25, 0.3) is 17.7 Å². The summed E-state index contributed by atoms with van der Waals surface area (Å²) in [6, 6.07) is 19.5. The third-order valence-corrected chi connectivity index (χ3v) is 7.46. The predicted molar refractivity (Wildman–Crippen MR) is 188 cm³/mol. The smallest absolute Gasteiger partial charge is 0.258 e. The summed E-state index contributed by atoms with van der Waals surface area (Å²) in [7, 11) is 0. The second-order valence-electron chi connectivity index (χ2n) is 10.9. The monoisotopic (exact) mass is 699 g/mol. The SMILES string of the molecule is CC(=O)[C@@H](N=Nc1ccc(NC(=O)c2ccc(N=N[C@H](C(C)=O)C(=O)Nc3ccc(Cl)cc3C)cc2)cc1)C(=O)Nc1ccc(Cl)cc1C. The number of nitrogens with zero attached hydrogens (tertiary/aromatic N) is 4. The molecule has 0 fully saturated rings. The second-order valence-corrected chi connectivity index (χ2v) is 11.8. The fourth-order valence-electron chi connectivity index (χ4n) is 4.32. The van der Waals surface area contributed by atoms with E-state index in [4.69, 9.17) is 23.2 Å². The number of halogens is 2. The summed E-state index contributed by atoms with van der Waals surface area (Å²) in [4.78, 5) is 62.6. The van der Waals surface area contributed by atoms with E-state index >= 15 is 0 Å².